The minimum Gasteiger partial charge on any atom is -0.481 e. The average molecular weight is 429 g/mol. The number of hydrogen-bond donors (Lipinski definition) is 1. The molecule has 0 fully saturated rings. The van der Waals surface area contributed by atoms with Crippen molar-refractivity contribution in [1.29, 1.82) is 0 Å². The van der Waals surface area contributed by atoms with Gasteiger partial charge in [-0.15, -0.1) is 0 Å². The Kier molecular flexibility index (Phi) is 5.62. The van der Waals surface area contributed by atoms with E-state index in [0.29, 0.717) is 0 Å². The van der Waals surface area contributed by atoms with E-state index >= 15 is 0 Å². The molecule has 3 aromatic rings. The van der Waals surface area contributed by atoms with Crippen LogP contribution in [0, 0.1) is 6.92 Å². The fourth-order valence-electron chi connectivity index (χ4n) is 4.77. The number of rotatable bonds is 5. The van der Waals surface area contributed by atoms with Gasteiger partial charge in [-0.25, -0.2) is 4.79 Å². The second kappa shape index (κ2) is 8.12. The van der Waals surface area contributed by atoms with Gasteiger partial charge in [-0.1, -0.05) is 70.2 Å². The first kappa shape index (κ1) is 22.1. The molecular formula is C29H32O3. The first-order valence-corrected chi connectivity index (χ1v) is 11.3. The van der Waals surface area contributed by atoms with Crippen molar-refractivity contribution >= 4 is 5.97 Å². The molecule has 3 nitrogen and oxygen atoms in total. The first-order chi connectivity index (χ1) is 15.1. The molecule has 0 aliphatic heterocycles. The van der Waals surface area contributed by atoms with Crippen LogP contribution in [0.1, 0.15) is 84.8 Å². The molecule has 166 valence electrons. The monoisotopic (exact) mass is 428 g/mol. The summed E-state index contributed by atoms with van der Waals surface area (Å²) in [6, 6.07) is 21.5. The van der Waals surface area contributed by atoms with E-state index in [0.717, 1.165) is 23.3 Å². The molecule has 0 bridgehead atoms. The molecule has 0 saturated heterocycles. The Morgan fingerprint density at radius 2 is 1.44 bits per heavy atom. The van der Waals surface area contributed by atoms with Crippen LogP contribution in [0.25, 0.3) is 0 Å². The molecule has 0 aromatic heterocycles. The van der Waals surface area contributed by atoms with E-state index in [-0.39, 0.29) is 22.5 Å². The number of aryl methyl sites for hydroxylation is 1. The lowest BCUT2D eigenvalue weighted by molar-refractivity contribution is 0.0696. The first-order valence-electron chi connectivity index (χ1n) is 11.3. The molecule has 0 heterocycles. The summed E-state index contributed by atoms with van der Waals surface area (Å²) in [7, 11) is 0. The van der Waals surface area contributed by atoms with Gasteiger partial charge < -0.3 is 9.84 Å². The molecule has 3 aromatic carbocycles. The van der Waals surface area contributed by atoms with Crippen LogP contribution in [-0.4, -0.2) is 11.1 Å². The number of carbonyl (C=O) groups is 1. The third-order valence-electron chi connectivity index (χ3n) is 6.98. The summed E-state index contributed by atoms with van der Waals surface area (Å²) in [4.78, 5) is 11.4. The Hall–Kier alpha value is -3.07. The summed E-state index contributed by atoms with van der Waals surface area (Å²) in [6.45, 7) is 11.5. The van der Waals surface area contributed by atoms with Crippen molar-refractivity contribution in [3.8, 4) is 5.75 Å². The molecule has 1 unspecified atom stereocenters. The zero-order valence-electron chi connectivity index (χ0n) is 19.6. The molecule has 3 heteroatoms. The van der Waals surface area contributed by atoms with Gasteiger partial charge in [-0.2, -0.15) is 0 Å². The Balaban J connectivity index is 1.86. The Labute approximate surface area is 191 Å². The van der Waals surface area contributed by atoms with E-state index in [1.54, 1.807) is 12.1 Å². The van der Waals surface area contributed by atoms with E-state index < -0.39 is 5.97 Å². The predicted octanol–water partition coefficient (Wildman–Crippen LogP) is 7.21. The maximum atomic E-state index is 11.4. The molecule has 0 saturated carbocycles. The summed E-state index contributed by atoms with van der Waals surface area (Å²) in [5.74, 6) is -0.137. The van der Waals surface area contributed by atoms with E-state index in [2.05, 4.69) is 46.8 Å². The van der Waals surface area contributed by atoms with Gasteiger partial charge in [0.2, 0.25) is 0 Å². The van der Waals surface area contributed by atoms with Crippen molar-refractivity contribution in [3.05, 3.63) is 100 Å². The van der Waals surface area contributed by atoms with Crippen molar-refractivity contribution in [2.45, 2.75) is 64.4 Å². The van der Waals surface area contributed by atoms with Crippen LogP contribution in [0.3, 0.4) is 0 Å². The number of aromatic carboxylic acids is 1. The summed E-state index contributed by atoms with van der Waals surface area (Å²) in [6.07, 6.45) is 1.99. The van der Waals surface area contributed by atoms with Crippen molar-refractivity contribution < 1.29 is 14.6 Å². The smallest absolute Gasteiger partial charge is 0.335 e. The largest absolute Gasteiger partial charge is 0.481 e. The van der Waals surface area contributed by atoms with Gasteiger partial charge in [0.25, 0.3) is 0 Å². The van der Waals surface area contributed by atoms with Gasteiger partial charge in [-0.05, 0) is 77.1 Å². The van der Waals surface area contributed by atoms with Crippen molar-refractivity contribution in [2.24, 2.45) is 0 Å². The van der Waals surface area contributed by atoms with Crippen molar-refractivity contribution in [2.75, 3.05) is 0 Å². The molecule has 0 spiro atoms. The lowest BCUT2D eigenvalue weighted by Gasteiger charge is -2.42. The number of carboxylic acid groups (broad SMARTS) is 1. The SMILES string of the molecule is Cc1cc2c(cc1C(Oc1ccccc1)c1ccc(C(=O)O)cc1)C(C)(C)CCC2(C)C. The molecule has 0 amide bonds. The topological polar surface area (TPSA) is 46.5 Å². The van der Waals surface area contributed by atoms with Gasteiger partial charge in [-0.3, -0.25) is 0 Å². The third kappa shape index (κ3) is 4.17. The lowest BCUT2D eigenvalue weighted by atomic mass is 9.62. The number of ether oxygens (including phenoxy) is 1. The Morgan fingerprint density at radius 1 is 0.875 bits per heavy atom. The number of carboxylic acids is 1. The van der Waals surface area contributed by atoms with Crippen LogP contribution in [0.5, 0.6) is 5.75 Å². The number of para-hydroxylation sites is 1. The molecule has 1 N–H and O–H groups in total. The van der Waals surface area contributed by atoms with Crippen LogP contribution in [0.15, 0.2) is 66.7 Å². The molecule has 0 radical (unpaired) electrons. The van der Waals surface area contributed by atoms with Crippen LogP contribution in [0.4, 0.5) is 0 Å². The number of hydrogen-bond acceptors (Lipinski definition) is 2. The predicted molar refractivity (Wildman–Crippen MR) is 129 cm³/mol. The van der Waals surface area contributed by atoms with Crippen molar-refractivity contribution in [3.63, 3.8) is 0 Å². The fraction of sp³-hybridized carbons (Fsp3) is 0.345. The molecular weight excluding hydrogens is 396 g/mol. The minimum atomic E-state index is -0.925. The van der Waals surface area contributed by atoms with E-state index in [1.165, 1.54) is 23.1 Å². The highest BCUT2D eigenvalue weighted by Crippen LogP contribution is 2.47. The normalized spacial score (nSPS) is 17.3. The van der Waals surface area contributed by atoms with Crippen LogP contribution in [0.2, 0.25) is 0 Å². The molecule has 1 atom stereocenters. The number of benzene rings is 3. The summed E-state index contributed by atoms with van der Waals surface area (Å²) in [5.41, 5.74) is 6.59. The Bertz CT molecular complexity index is 1130. The van der Waals surface area contributed by atoms with Gasteiger partial charge >= 0.3 is 5.97 Å². The summed E-state index contributed by atoms with van der Waals surface area (Å²) in [5, 5.41) is 9.32. The molecule has 32 heavy (non-hydrogen) atoms. The quantitative estimate of drug-likeness (QED) is 0.467. The summed E-state index contributed by atoms with van der Waals surface area (Å²) < 4.78 is 6.53. The van der Waals surface area contributed by atoms with Gasteiger partial charge in [0.15, 0.2) is 0 Å². The number of fused-ring (bicyclic) bond motifs is 1. The third-order valence-corrected chi connectivity index (χ3v) is 6.98. The standard InChI is InChI=1S/C29H32O3/c1-19-17-24-25(29(4,5)16-15-28(24,2)3)18-23(19)26(32-22-9-7-6-8-10-22)20-11-13-21(14-12-20)27(30)31/h6-14,17-18,26H,15-16H2,1-5H3,(H,30,31). The Morgan fingerprint density at radius 3 is 2.00 bits per heavy atom. The van der Waals surface area contributed by atoms with Crippen LogP contribution >= 0.6 is 0 Å². The second-order valence-electron chi connectivity index (χ2n) is 10.3. The fourth-order valence-corrected chi connectivity index (χ4v) is 4.77. The van der Waals surface area contributed by atoms with E-state index in [9.17, 15) is 9.90 Å². The lowest BCUT2D eigenvalue weighted by Crippen LogP contribution is -2.34. The van der Waals surface area contributed by atoms with Gasteiger partial charge in [0, 0.05) is 5.56 Å². The van der Waals surface area contributed by atoms with E-state index in [4.69, 9.17) is 4.74 Å². The van der Waals surface area contributed by atoms with Crippen LogP contribution < -0.4 is 4.74 Å². The van der Waals surface area contributed by atoms with E-state index in [1.807, 2.05) is 42.5 Å². The zero-order chi connectivity index (χ0) is 23.1. The molecule has 1 aliphatic carbocycles. The van der Waals surface area contributed by atoms with Crippen molar-refractivity contribution in [1.82, 2.24) is 0 Å². The highest BCUT2D eigenvalue weighted by molar-refractivity contribution is 5.87. The average Bonchev–Trinajstić information content (AvgIpc) is 2.76. The summed E-state index contributed by atoms with van der Waals surface area (Å²) >= 11 is 0. The van der Waals surface area contributed by atoms with Gasteiger partial charge in [0.05, 0.1) is 5.56 Å². The maximum Gasteiger partial charge on any atom is 0.335 e. The molecule has 1 aliphatic rings. The highest BCUT2D eigenvalue weighted by Gasteiger charge is 2.38. The second-order valence-corrected chi connectivity index (χ2v) is 10.3. The van der Waals surface area contributed by atoms with Crippen LogP contribution in [-0.2, 0) is 10.8 Å². The highest BCUT2D eigenvalue weighted by atomic mass is 16.5. The molecule has 4 rings (SSSR count). The minimum absolute atomic E-state index is 0.0950. The van der Waals surface area contributed by atoms with Gasteiger partial charge in [0.1, 0.15) is 11.9 Å². The zero-order valence-corrected chi connectivity index (χ0v) is 19.6. The maximum absolute atomic E-state index is 11.4.